The number of aromatic nitrogens is 3. The summed E-state index contributed by atoms with van der Waals surface area (Å²) < 4.78 is 7.11. The van der Waals surface area contributed by atoms with Crippen molar-refractivity contribution in [3.63, 3.8) is 0 Å². The van der Waals surface area contributed by atoms with E-state index < -0.39 is 0 Å². The third-order valence-electron chi connectivity index (χ3n) is 2.95. The molecule has 0 spiro atoms. The van der Waals surface area contributed by atoms with Crippen LogP contribution in [0.25, 0.3) is 0 Å². The number of nitrogens with two attached hydrogens (primary N) is 1. The highest BCUT2D eigenvalue weighted by atomic mass is 16.5. The molecule has 1 aliphatic carbocycles. The number of hydrogen-bond acceptors (Lipinski definition) is 4. The van der Waals surface area contributed by atoms with Crippen LogP contribution in [-0.4, -0.2) is 26.9 Å². The van der Waals surface area contributed by atoms with Crippen LogP contribution in [0.2, 0.25) is 0 Å². The quantitative estimate of drug-likeness (QED) is 0.740. The first-order valence-electron chi connectivity index (χ1n) is 5.11. The summed E-state index contributed by atoms with van der Waals surface area (Å²) in [5.74, 6) is 0.872. The summed E-state index contributed by atoms with van der Waals surface area (Å²) in [6.07, 6.45) is 4.17. The summed E-state index contributed by atoms with van der Waals surface area (Å²) in [6.45, 7) is 1.53. The third-order valence-corrected chi connectivity index (χ3v) is 2.95. The van der Waals surface area contributed by atoms with E-state index in [0.29, 0.717) is 12.6 Å². The minimum Gasteiger partial charge on any atom is -0.462 e. The zero-order chi connectivity index (χ0) is 9.60. The van der Waals surface area contributed by atoms with Crippen molar-refractivity contribution in [2.75, 3.05) is 6.61 Å². The van der Waals surface area contributed by atoms with Crippen LogP contribution < -0.4 is 10.5 Å². The molecule has 1 saturated carbocycles. The Kier molecular flexibility index (Phi) is 1.58. The molecule has 2 aliphatic rings. The molecule has 5 nitrogen and oxygen atoms in total. The van der Waals surface area contributed by atoms with Crippen molar-refractivity contribution in [1.29, 1.82) is 0 Å². The van der Waals surface area contributed by atoms with Gasteiger partial charge in [0.1, 0.15) is 6.61 Å². The van der Waals surface area contributed by atoms with Gasteiger partial charge in [0.05, 0.1) is 6.54 Å². The van der Waals surface area contributed by atoms with Crippen LogP contribution in [-0.2, 0) is 13.0 Å². The molecular weight excluding hydrogens is 180 g/mol. The van der Waals surface area contributed by atoms with E-state index >= 15 is 0 Å². The zero-order valence-electron chi connectivity index (χ0n) is 8.07. The molecule has 0 saturated heterocycles. The molecule has 0 radical (unpaired) electrons. The van der Waals surface area contributed by atoms with Crippen molar-refractivity contribution in [3.8, 4) is 6.01 Å². The minimum atomic E-state index is 0.0938. The van der Waals surface area contributed by atoms with E-state index in [1.807, 2.05) is 4.68 Å². The van der Waals surface area contributed by atoms with Gasteiger partial charge in [-0.15, -0.1) is 0 Å². The van der Waals surface area contributed by atoms with Gasteiger partial charge in [-0.05, 0) is 19.3 Å². The second kappa shape index (κ2) is 2.70. The van der Waals surface area contributed by atoms with Gasteiger partial charge < -0.3 is 10.5 Å². The number of fused-ring (bicyclic) bond motifs is 1. The Morgan fingerprint density at radius 2 is 2.36 bits per heavy atom. The van der Waals surface area contributed by atoms with Crippen molar-refractivity contribution in [3.05, 3.63) is 5.82 Å². The molecule has 0 atom stereocenters. The highest BCUT2D eigenvalue weighted by Gasteiger charge is 2.37. The lowest BCUT2D eigenvalue weighted by molar-refractivity contribution is 0.343. The van der Waals surface area contributed by atoms with Crippen LogP contribution in [0.15, 0.2) is 0 Å². The number of ether oxygens (including phenoxy) is 1. The van der Waals surface area contributed by atoms with Gasteiger partial charge in [0.25, 0.3) is 0 Å². The zero-order valence-corrected chi connectivity index (χ0v) is 8.07. The fraction of sp³-hybridized carbons (Fsp3) is 0.778. The molecule has 2 N–H and O–H groups in total. The molecular formula is C9H14N4O. The van der Waals surface area contributed by atoms with Crippen LogP contribution in [0.1, 0.15) is 25.1 Å². The summed E-state index contributed by atoms with van der Waals surface area (Å²) in [6, 6.07) is 0.668. The van der Waals surface area contributed by atoms with Crippen LogP contribution >= 0.6 is 0 Å². The SMILES string of the molecule is NC1(CCc2nc3n(n2)CCO3)CC1. The maximum atomic E-state index is 5.99. The van der Waals surface area contributed by atoms with Crippen molar-refractivity contribution >= 4 is 0 Å². The van der Waals surface area contributed by atoms with E-state index in [4.69, 9.17) is 10.5 Å². The number of aryl methyl sites for hydroxylation is 1. The first-order chi connectivity index (χ1) is 6.75. The van der Waals surface area contributed by atoms with Gasteiger partial charge >= 0.3 is 6.01 Å². The maximum absolute atomic E-state index is 5.99. The minimum absolute atomic E-state index is 0.0938. The van der Waals surface area contributed by atoms with Crippen LogP contribution in [0.4, 0.5) is 0 Å². The molecule has 1 aromatic heterocycles. The van der Waals surface area contributed by atoms with Crippen LogP contribution in [0.5, 0.6) is 6.01 Å². The van der Waals surface area contributed by atoms with Gasteiger partial charge in [0, 0.05) is 12.0 Å². The molecule has 0 bridgehead atoms. The van der Waals surface area contributed by atoms with Gasteiger partial charge in [-0.2, -0.15) is 10.1 Å². The average Bonchev–Trinajstić information content (AvgIpc) is 2.61. The molecule has 0 amide bonds. The van der Waals surface area contributed by atoms with E-state index in [2.05, 4.69) is 10.1 Å². The Morgan fingerprint density at radius 3 is 3.07 bits per heavy atom. The first-order valence-corrected chi connectivity index (χ1v) is 5.11. The van der Waals surface area contributed by atoms with Gasteiger partial charge in [-0.1, -0.05) is 0 Å². The van der Waals surface area contributed by atoms with E-state index in [1.54, 1.807) is 0 Å². The Hall–Kier alpha value is -1.10. The summed E-state index contributed by atoms with van der Waals surface area (Å²) in [4.78, 5) is 4.30. The van der Waals surface area contributed by atoms with Crippen molar-refractivity contribution in [1.82, 2.24) is 14.8 Å². The number of nitrogens with zero attached hydrogens (tertiary/aromatic N) is 3. The lowest BCUT2D eigenvalue weighted by Gasteiger charge is -2.04. The molecule has 0 aromatic carbocycles. The Morgan fingerprint density at radius 1 is 1.50 bits per heavy atom. The lowest BCUT2D eigenvalue weighted by Crippen LogP contribution is -2.22. The molecule has 0 unspecified atom stereocenters. The summed E-state index contributed by atoms with van der Waals surface area (Å²) >= 11 is 0. The van der Waals surface area contributed by atoms with Crippen LogP contribution in [0.3, 0.4) is 0 Å². The van der Waals surface area contributed by atoms with Gasteiger partial charge in [-0.3, -0.25) is 0 Å². The number of hydrogen-bond donors (Lipinski definition) is 1. The second-order valence-electron chi connectivity index (χ2n) is 4.24. The lowest BCUT2D eigenvalue weighted by atomic mass is 10.1. The maximum Gasteiger partial charge on any atom is 0.315 e. The molecule has 2 heterocycles. The summed E-state index contributed by atoms with van der Waals surface area (Å²) in [5.41, 5.74) is 6.09. The molecule has 5 heteroatoms. The van der Waals surface area contributed by atoms with Crippen molar-refractivity contribution in [2.24, 2.45) is 5.73 Å². The fourth-order valence-corrected chi connectivity index (χ4v) is 1.73. The van der Waals surface area contributed by atoms with Gasteiger partial charge in [0.2, 0.25) is 0 Å². The van der Waals surface area contributed by atoms with Crippen molar-refractivity contribution in [2.45, 2.75) is 37.8 Å². The third kappa shape index (κ3) is 1.37. The standard InChI is InChI=1S/C9H14N4O/c10-9(3-4-9)2-1-7-11-8-13(12-7)5-6-14-8/h1-6,10H2. The van der Waals surface area contributed by atoms with E-state index in [-0.39, 0.29) is 5.54 Å². The molecule has 14 heavy (non-hydrogen) atoms. The molecule has 1 aliphatic heterocycles. The Labute approximate surface area is 82.3 Å². The first kappa shape index (κ1) is 8.23. The predicted octanol–water partition coefficient (Wildman–Crippen LogP) is 0.0944. The molecule has 3 rings (SSSR count). The molecule has 1 aromatic rings. The normalized spacial score (nSPS) is 21.8. The largest absolute Gasteiger partial charge is 0.462 e. The van der Waals surface area contributed by atoms with E-state index in [0.717, 1.165) is 38.1 Å². The summed E-state index contributed by atoms with van der Waals surface area (Å²) in [5, 5.41) is 4.35. The monoisotopic (exact) mass is 194 g/mol. The van der Waals surface area contributed by atoms with Gasteiger partial charge in [0.15, 0.2) is 5.82 Å². The van der Waals surface area contributed by atoms with E-state index in [1.165, 1.54) is 0 Å². The van der Waals surface area contributed by atoms with Crippen molar-refractivity contribution < 1.29 is 4.74 Å². The topological polar surface area (TPSA) is 66.0 Å². The Balaban J connectivity index is 1.66. The molecule has 1 fully saturated rings. The highest BCUT2D eigenvalue weighted by molar-refractivity contribution is 5.05. The average molecular weight is 194 g/mol. The fourth-order valence-electron chi connectivity index (χ4n) is 1.73. The smallest absolute Gasteiger partial charge is 0.315 e. The Bertz CT molecular complexity index is 334. The van der Waals surface area contributed by atoms with Gasteiger partial charge in [-0.25, -0.2) is 4.68 Å². The van der Waals surface area contributed by atoms with E-state index in [9.17, 15) is 0 Å². The molecule has 76 valence electrons. The predicted molar refractivity (Wildman–Crippen MR) is 50.0 cm³/mol. The highest BCUT2D eigenvalue weighted by Crippen LogP contribution is 2.36. The van der Waals surface area contributed by atoms with Crippen LogP contribution in [0, 0.1) is 0 Å². The second-order valence-corrected chi connectivity index (χ2v) is 4.24. The summed E-state index contributed by atoms with van der Waals surface area (Å²) in [7, 11) is 0. The number of rotatable bonds is 3.